The lowest BCUT2D eigenvalue weighted by Gasteiger charge is -2.36. The first-order valence-corrected chi connectivity index (χ1v) is 11.8. The highest BCUT2D eigenvalue weighted by Crippen LogP contribution is 2.19. The average molecular weight is 444 g/mol. The molecule has 168 valence electrons. The van der Waals surface area contributed by atoms with Crippen LogP contribution in [0.5, 0.6) is 0 Å². The molecule has 3 rings (SSSR count). The molecule has 0 radical (unpaired) electrons. The SMILES string of the molecule is CCNC(=NCCC(=O)N(C)Cc1ccccc1)N1CCN(c2nc(CC)ns2)CC1. The lowest BCUT2D eigenvalue weighted by atomic mass is 10.2. The zero-order valence-electron chi connectivity index (χ0n) is 18.8. The van der Waals surface area contributed by atoms with Gasteiger partial charge in [0.15, 0.2) is 5.96 Å². The Hall–Kier alpha value is -2.68. The van der Waals surface area contributed by atoms with Crippen molar-refractivity contribution in [3.8, 4) is 0 Å². The molecule has 1 fully saturated rings. The molecule has 2 aromatic rings. The van der Waals surface area contributed by atoms with Crippen LogP contribution in [0.25, 0.3) is 0 Å². The fraction of sp³-hybridized carbons (Fsp3) is 0.545. The fourth-order valence-electron chi connectivity index (χ4n) is 3.45. The Kier molecular flexibility index (Phi) is 8.63. The molecule has 9 heteroatoms. The Balaban J connectivity index is 1.49. The summed E-state index contributed by atoms with van der Waals surface area (Å²) in [5.41, 5.74) is 1.13. The molecule has 2 heterocycles. The summed E-state index contributed by atoms with van der Waals surface area (Å²) < 4.78 is 4.39. The van der Waals surface area contributed by atoms with Crippen molar-refractivity contribution in [1.29, 1.82) is 0 Å². The van der Waals surface area contributed by atoms with Crippen molar-refractivity contribution >= 4 is 28.5 Å². The Bertz CT molecular complexity index is 847. The number of carbonyl (C=O) groups is 1. The Morgan fingerprint density at radius 3 is 2.58 bits per heavy atom. The predicted molar refractivity (Wildman–Crippen MR) is 127 cm³/mol. The van der Waals surface area contributed by atoms with Gasteiger partial charge in [-0.1, -0.05) is 37.3 Å². The van der Waals surface area contributed by atoms with Gasteiger partial charge < -0.3 is 20.0 Å². The minimum absolute atomic E-state index is 0.108. The third kappa shape index (κ3) is 6.65. The quantitative estimate of drug-likeness (QED) is 0.498. The van der Waals surface area contributed by atoms with E-state index in [-0.39, 0.29) is 5.91 Å². The summed E-state index contributed by atoms with van der Waals surface area (Å²) in [4.78, 5) is 28.1. The standard InChI is InChI=1S/C22H33N7OS/c1-4-19-25-22(31-26-19)29-15-13-28(14-16-29)21(23-5-2)24-12-11-20(30)27(3)17-18-9-7-6-8-10-18/h6-10H,4-5,11-17H2,1-3H3,(H,23,24). The second-order valence-corrected chi connectivity index (χ2v) is 8.27. The number of benzene rings is 1. The van der Waals surface area contributed by atoms with Crippen LogP contribution < -0.4 is 10.2 Å². The molecule has 1 aromatic heterocycles. The van der Waals surface area contributed by atoms with Crippen LogP contribution in [0.2, 0.25) is 0 Å². The van der Waals surface area contributed by atoms with Crippen molar-refractivity contribution in [3.05, 3.63) is 41.7 Å². The molecule has 1 aliphatic heterocycles. The summed E-state index contributed by atoms with van der Waals surface area (Å²) >= 11 is 1.48. The Labute approximate surface area is 189 Å². The van der Waals surface area contributed by atoms with Crippen molar-refractivity contribution in [3.63, 3.8) is 0 Å². The van der Waals surface area contributed by atoms with E-state index in [9.17, 15) is 4.79 Å². The van der Waals surface area contributed by atoms with E-state index in [1.807, 2.05) is 37.4 Å². The second kappa shape index (κ2) is 11.6. The molecule has 1 aliphatic rings. The smallest absolute Gasteiger partial charge is 0.224 e. The lowest BCUT2D eigenvalue weighted by Crippen LogP contribution is -2.52. The second-order valence-electron chi connectivity index (χ2n) is 7.54. The van der Waals surface area contributed by atoms with Crippen LogP contribution in [0.3, 0.4) is 0 Å². The number of hydrogen-bond donors (Lipinski definition) is 1. The number of aromatic nitrogens is 2. The number of guanidine groups is 1. The van der Waals surface area contributed by atoms with Gasteiger partial charge in [-0.2, -0.15) is 4.37 Å². The summed E-state index contributed by atoms with van der Waals surface area (Å²) in [5.74, 6) is 1.91. The van der Waals surface area contributed by atoms with E-state index in [0.717, 1.165) is 61.6 Å². The highest BCUT2D eigenvalue weighted by Gasteiger charge is 2.22. The fourth-order valence-corrected chi connectivity index (χ4v) is 4.25. The van der Waals surface area contributed by atoms with Gasteiger partial charge in [-0.15, -0.1) is 0 Å². The molecule has 1 aromatic carbocycles. The van der Waals surface area contributed by atoms with Crippen LogP contribution in [-0.2, 0) is 17.8 Å². The molecule has 1 N–H and O–H groups in total. The maximum atomic E-state index is 12.5. The molecule has 0 spiro atoms. The van der Waals surface area contributed by atoms with Crippen LogP contribution >= 0.6 is 11.5 Å². The van der Waals surface area contributed by atoms with Gasteiger partial charge in [0.05, 0.1) is 6.54 Å². The summed E-state index contributed by atoms with van der Waals surface area (Å²) in [5, 5.41) is 4.38. The number of nitrogens with zero attached hydrogens (tertiary/aromatic N) is 6. The molecule has 0 aliphatic carbocycles. The van der Waals surface area contributed by atoms with Crippen LogP contribution in [-0.4, -0.2) is 77.3 Å². The molecular weight excluding hydrogens is 410 g/mol. The third-order valence-corrected chi connectivity index (χ3v) is 6.05. The van der Waals surface area contributed by atoms with Gasteiger partial charge >= 0.3 is 0 Å². The van der Waals surface area contributed by atoms with Gasteiger partial charge in [-0.25, -0.2) is 4.98 Å². The predicted octanol–water partition coefficient (Wildman–Crippen LogP) is 2.24. The molecule has 31 heavy (non-hydrogen) atoms. The number of carbonyl (C=O) groups excluding carboxylic acids is 1. The first-order chi connectivity index (χ1) is 15.1. The zero-order valence-corrected chi connectivity index (χ0v) is 19.6. The molecular formula is C22H33N7OS. The van der Waals surface area contributed by atoms with Crippen molar-refractivity contribution in [2.24, 2.45) is 4.99 Å². The van der Waals surface area contributed by atoms with Crippen LogP contribution in [0.4, 0.5) is 5.13 Å². The van der Waals surface area contributed by atoms with Crippen molar-refractivity contribution in [2.45, 2.75) is 33.2 Å². The van der Waals surface area contributed by atoms with Crippen molar-refractivity contribution in [2.75, 3.05) is 51.2 Å². The van der Waals surface area contributed by atoms with E-state index in [1.165, 1.54) is 11.5 Å². The number of hydrogen-bond acceptors (Lipinski definition) is 6. The Morgan fingerprint density at radius 2 is 1.94 bits per heavy atom. The molecule has 1 saturated heterocycles. The number of aryl methyl sites for hydroxylation is 1. The summed E-state index contributed by atoms with van der Waals surface area (Å²) in [6.45, 7) is 9.57. The minimum Gasteiger partial charge on any atom is -0.357 e. The molecule has 8 nitrogen and oxygen atoms in total. The summed E-state index contributed by atoms with van der Waals surface area (Å²) in [6, 6.07) is 10.0. The van der Waals surface area contributed by atoms with Gasteiger partial charge in [0.1, 0.15) is 5.82 Å². The van der Waals surface area contributed by atoms with E-state index >= 15 is 0 Å². The Morgan fingerprint density at radius 1 is 1.19 bits per heavy atom. The minimum atomic E-state index is 0.108. The number of nitrogens with one attached hydrogen (secondary N) is 1. The van der Waals surface area contributed by atoms with E-state index in [2.05, 4.69) is 38.3 Å². The van der Waals surface area contributed by atoms with Gasteiger partial charge in [0, 0.05) is 70.7 Å². The normalized spacial score (nSPS) is 14.6. The van der Waals surface area contributed by atoms with Gasteiger partial charge in [0.2, 0.25) is 11.0 Å². The van der Waals surface area contributed by atoms with Crippen LogP contribution in [0, 0.1) is 0 Å². The van der Waals surface area contributed by atoms with E-state index in [4.69, 9.17) is 4.99 Å². The van der Waals surface area contributed by atoms with Crippen molar-refractivity contribution in [1.82, 2.24) is 24.5 Å². The van der Waals surface area contributed by atoms with E-state index < -0.39 is 0 Å². The first-order valence-electron chi connectivity index (χ1n) is 11.0. The van der Waals surface area contributed by atoms with Crippen molar-refractivity contribution < 1.29 is 4.79 Å². The number of rotatable bonds is 8. The lowest BCUT2D eigenvalue weighted by molar-refractivity contribution is -0.130. The maximum Gasteiger partial charge on any atom is 0.224 e. The average Bonchev–Trinajstić information content (AvgIpc) is 3.28. The molecule has 0 bridgehead atoms. The molecule has 0 saturated carbocycles. The summed E-state index contributed by atoms with van der Waals surface area (Å²) in [6.07, 6.45) is 1.27. The highest BCUT2D eigenvalue weighted by atomic mass is 32.1. The largest absolute Gasteiger partial charge is 0.357 e. The van der Waals surface area contributed by atoms with Gasteiger partial charge in [-0.05, 0) is 12.5 Å². The number of anilines is 1. The zero-order chi connectivity index (χ0) is 22.1. The first kappa shape index (κ1) is 23.0. The molecule has 0 unspecified atom stereocenters. The monoisotopic (exact) mass is 443 g/mol. The highest BCUT2D eigenvalue weighted by molar-refractivity contribution is 7.09. The topological polar surface area (TPSA) is 77.0 Å². The van der Waals surface area contributed by atoms with E-state index in [1.54, 1.807) is 4.90 Å². The molecule has 1 amide bonds. The summed E-state index contributed by atoms with van der Waals surface area (Å²) in [7, 11) is 1.85. The molecule has 0 atom stereocenters. The third-order valence-electron chi connectivity index (χ3n) is 5.23. The van der Waals surface area contributed by atoms with Crippen LogP contribution in [0.15, 0.2) is 35.3 Å². The van der Waals surface area contributed by atoms with Crippen LogP contribution in [0.1, 0.15) is 31.7 Å². The number of piperazine rings is 1. The van der Waals surface area contributed by atoms with Gasteiger partial charge in [0.25, 0.3) is 0 Å². The number of amides is 1. The van der Waals surface area contributed by atoms with E-state index in [0.29, 0.717) is 19.5 Å². The van der Waals surface area contributed by atoms with Gasteiger partial charge in [-0.3, -0.25) is 9.79 Å². The number of aliphatic imine (C=N–C) groups is 1. The maximum absolute atomic E-state index is 12.5.